The molecule has 138 valence electrons. The maximum Gasteiger partial charge on any atom is 0.126 e. The lowest BCUT2D eigenvalue weighted by molar-refractivity contribution is 0.401. The van der Waals surface area contributed by atoms with Crippen molar-refractivity contribution >= 4 is 0 Å². The summed E-state index contributed by atoms with van der Waals surface area (Å²) < 4.78 is 0. The number of benzene rings is 1. The van der Waals surface area contributed by atoms with Gasteiger partial charge in [-0.3, -0.25) is 0 Å². The molecule has 1 aliphatic carbocycles. The average Bonchev–Trinajstić information content (AvgIpc) is 2.56. The van der Waals surface area contributed by atoms with Crippen LogP contribution >= 0.6 is 0 Å². The van der Waals surface area contributed by atoms with Gasteiger partial charge in [0, 0.05) is 11.5 Å². The summed E-state index contributed by atoms with van der Waals surface area (Å²) in [6.45, 7) is 14.5. The van der Waals surface area contributed by atoms with Gasteiger partial charge in [0.1, 0.15) is 11.5 Å². The van der Waals surface area contributed by atoms with E-state index in [0.29, 0.717) is 5.56 Å². The Bertz CT molecular complexity index is 653. The summed E-state index contributed by atoms with van der Waals surface area (Å²) in [6.07, 6.45) is 8.64. The van der Waals surface area contributed by atoms with Gasteiger partial charge in [-0.05, 0) is 76.0 Å². The molecule has 0 spiro atoms. The van der Waals surface area contributed by atoms with E-state index in [2.05, 4.69) is 33.4 Å². The molecule has 0 heterocycles. The molecule has 2 nitrogen and oxygen atoms in total. The molecule has 25 heavy (non-hydrogen) atoms. The Balaban J connectivity index is 2.54. The molecule has 0 saturated carbocycles. The number of hydrogen-bond acceptors (Lipinski definition) is 2. The van der Waals surface area contributed by atoms with Crippen molar-refractivity contribution in [3.8, 4) is 11.5 Å². The van der Waals surface area contributed by atoms with Crippen LogP contribution in [0.1, 0.15) is 81.0 Å². The molecule has 0 fully saturated rings. The second-order valence-corrected chi connectivity index (χ2v) is 7.83. The Labute approximate surface area is 153 Å². The maximum absolute atomic E-state index is 11.0. The summed E-state index contributed by atoms with van der Waals surface area (Å²) in [7, 11) is 0. The van der Waals surface area contributed by atoms with Gasteiger partial charge in [-0.25, -0.2) is 0 Å². The molecule has 0 aromatic heterocycles. The molecule has 1 aliphatic rings. The normalized spacial score (nSPS) is 20.4. The van der Waals surface area contributed by atoms with E-state index in [1.165, 1.54) is 18.4 Å². The van der Waals surface area contributed by atoms with Crippen molar-refractivity contribution in [2.75, 3.05) is 0 Å². The number of phenols is 2. The average molecular weight is 343 g/mol. The summed E-state index contributed by atoms with van der Waals surface area (Å²) in [6, 6.07) is 0. The van der Waals surface area contributed by atoms with Crippen LogP contribution in [-0.4, -0.2) is 10.2 Å². The van der Waals surface area contributed by atoms with Gasteiger partial charge in [0.15, 0.2) is 0 Å². The van der Waals surface area contributed by atoms with Gasteiger partial charge in [-0.15, -0.1) is 0 Å². The quantitative estimate of drug-likeness (QED) is 0.460. The molecular weight excluding hydrogens is 308 g/mol. The fourth-order valence-corrected chi connectivity index (χ4v) is 4.23. The molecule has 2 atom stereocenters. The van der Waals surface area contributed by atoms with Crippen LogP contribution in [0.4, 0.5) is 0 Å². The van der Waals surface area contributed by atoms with Crippen LogP contribution in [0.5, 0.6) is 11.5 Å². The Hall–Kier alpha value is -1.70. The maximum atomic E-state index is 11.0. The number of phenolic OH excluding ortho intramolecular Hbond substituents is 2. The summed E-state index contributed by atoms with van der Waals surface area (Å²) in [5.41, 5.74) is 6.10. The SMILES string of the molecule is C=C(C)[C@@H]1CCC(C)=C[C@H]1c1c(O)c(C)c(CCCCC)c(C)c1O. The van der Waals surface area contributed by atoms with Crippen LogP contribution in [0.2, 0.25) is 0 Å². The highest BCUT2D eigenvalue weighted by molar-refractivity contribution is 5.60. The van der Waals surface area contributed by atoms with Crippen LogP contribution in [0.15, 0.2) is 23.8 Å². The minimum Gasteiger partial charge on any atom is -0.507 e. The summed E-state index contributed by atoms with van der Waals surface area (Å²) in [5, 5.41) is 21.9. The molecule has 1 aromatic carbocycles. The van der Waals surface area contributed by atoms with Crippen molar-refractivity contribution in [2.45, 2.75) is 79.1 Å². The van der Waals surface area contributed by atoms with Gasteiger partial charge in [0.2, 0.25) is 0 Å². The lowest BCUT2D eigenvalue weighted by Gasteiger charge is -2.32. The largest absolute Gasteiger partial charge is 0.507 e. The molecule has 2 N–H and O–H groups in total. The topological polar surface area (TPSA) is 40.5 Å². The highest BCUT2D eigenvalue weighted by atomic mass is 16.3. The fraction of sp³-hybridized carbons (Fsp3) is 0.565. The number of aromatic hydroxyl groups is 2. The first-order chi connectivity index (χ1) is 11.8. The third kappa shape index (κ3) is 3.94. The smallest absolute Gasteiger partial charge is 0.126 e. The van der Waals surface area contributed by atoms with Gasteiger partial charge in [0.25, 0.3) is 0 Å². The molecule has 0 amide bonds. The van der Waals surface area contributed by atoms with Gasteiger partial charge >= 0.3 is 0 Å². The van der Waals surface area contributed by atoms with E-state index < -0.39 is 0 Å². The zero-order valence-electron chi connectivity index (χ0n) is 16.6. The van der Waals surface area contributed by atoms with Crippen molar-refractivity contribution in [1.82, 2.24) is 0 Å². The molecule has 0 unspecified atom stereocenters. The van der Waals surface area contributed by atoms with Crippen molar-refractivity contribution in [2.24, 2.45) is 5.92 Å². The van der Waals surface area contributed by atoms with Crippen molar-refractivity contribution in [3.05, 3.63) is 46.1 Å². The molecule has 2 rings (SSSR count). The molecule has 0 bridgehead atoms. The second kappa shape index (κ2) is 8.12. The molecule has 2 heteroatoms. The standard InChI is InChI=1S/C23H34O2/c1-7-8-9-10-19-16(5)22(24)21(23(25)17(19)6)20-13-15(4)11-12-18(20)14(2)3/h13,18,20,24-25H,2,7-12H2,1,3-6H3/t18-,20+/m0/s1. The monoisotopic (exact) mass is 342 g/mol. The highest BCUT2D eigenvalue weighted by Gasteiger charge is 2.32. The fourth-order valence-electron chi connectivity index (χ4n) is 4.23. The number of rotatable bonds is 6. The van der Waals surface area contributed by atoms with Gasteiger partial charge in [0.05, 0.1) is 0 Å². The van der Waals surface area contributed by atoms with E-state index in [-0.39, 0.29) is 23.3 Å². The molecule has 0 saturated heterocycles. The van der Waals surface area contributed by atoms with Crippen molar-refractivity contribution in [3.63, 3.8) is 0 Å². The van der Waals surface area contributed by atoms with Gasteiger partial charge in [-0.2, -0.15) is 0 Å². The first-order valence-electron chi connectivity index (χ1n) is 9.66. The van der Waals surface area contributed by atoms with Crippen LogP contribution in [0.3, 0.4) is 0 Å². The van der Waals surface area contributed by atoms with Crippen molar-refractivity contribution < 1.29 is 10.2 Å². The zero-order valence-corrected chi connectivity index (χ0v) is 16.6. The van der Waals surface area contributed by atoms with E-state index >= 15 is 0 Å². The molecule has 0 radical (unpaired) electrons. The van der Waals surface area contributed by atoms with Crippen LogP contribution < -0.4 is 0 Å². The van der Waals surface area contributed by atoms with Crippen LogP contribution in [-0.2, 0) is 6.42 Å². The lowest BCUT2D eigenvalue weighted by Crippen LogP contribution is -2.18. The Kier molecular flexibility index (Phi) is 6.37. The van der Waals surface area contributed by atoms with Crippen molar-refractivity contribution in [1.29, 1.82) is 0 Å². The predicted octanol–water partition coefficient (Wildman–Crippen LogP) is 6.46. The first-order valence-corrected chi connectivity index (χ1v) is 9.66. The first kappa shape index (κ1) is 19.6. The van der Waals surface area contributed by atoms with Crippen LogP contribution in [0.25, 0.3) is 0 Å². The zero-order chi connectivity index (χ0) is 18.7. The second-order valence-electron chi connectivity index (χ2n) is 7.83. The van der Waals surface area contributed by atoms with E-state index in [4.69, 9.17) is 0 Å². The van der Waals surface area contributed by atoms with Gasteiger partial charge < -0.3 is 10.2 Å². The Morgan fingerprint density at radius 1 is 1.12 bits per heavy atom. The summed E-state index contributed by atoms with van der Waals surface area (Å²) in [4.78, 5) is 0. The Morgan fingerprint density at radius 2 is 1.72 bits per heavy atom. The third-order valence-corrected chi connectivity index (χ3v) is 5.87. The number of unbranched alkanes of at least 4 members (excludes halogenated alkanes) is 2. The summed E-state index contributed by atoms with van der Waals surface area (Å²) in [5.74, 6) is 0.826. The molecule has 0 aliphatic heterocycles. The predicted molar refractivity (Wildman–Crippen MR) is 107 cm³/mol. The number of allylic oxidation sites excluding steroid dienone is 3. The highest BCUT2D eigenvalue weighted by Crippen LogP contribution is 2.49. The van der Waals surface area contributed by atoms with Gasteiger partial charge in [-0.1, -0.05) is 43.6 Å². The van der Waals surface area contributed by atoms with Crippen LogP contribution in [0, 0.1) is 19.8 Å². The minimum atomic E-state index is 0.00772. The Morgan fingerprint density at radius 3 is 2.24 bits per heavy atom. The van der Waals surface area contributed by atoms with E-state index in [1.807, 2.05) is 13.8 Å². The molecule has 1 aromatic rings. The number of hydrogen-bond donors (Lipinski definition) is 2. The van der Waals surface area contributed by atoms with E-state index in [9.17, 15) is 10.2 Å². The minimum absolute atomic E-state index is 0.00772. The lowest BCUT2D eigenvalue weighted by atomic mass is 9.72. The molecular formula is C23H34O2. The summed E-state index contributed by atoms with van der Waals surface area (Å²) >= 11 is 0. The third-order valence-electron chi connectivity index (χ3n) is 5.87. The van der Waals surface area contributed by atoms with E-state index in [1.54, 1.807) is 0 Å². The van der Waals surface area contributed by atoms with E-state index in [0.717, 1.165) is 47.9 Å².